The third-order valence-electron chi connectivity index (χ3n) is 28.3. The Kier molecular flexibility index (Phi) is 35.4. The Morgan fingerprint density at radius 2 is 0.705 bits per heavy atom. The third kappa shape index (κ3) is 25.0. The Bertz CT molecular complexity index is 4990. The molecule has 23 heteroatoms. The van der Waals surface area contributed by atoms with Crippen molar-refractivity contribution < 1.29 is 48.0 Å². The van der Waals surface area contributed by atoms with Crippen LogP contribution in [0.4, 0.5) is 68.2 Å². The first-order chi connectivity index (χ1) is 64.1. The van der Waals surface area contributed by atoms with Gasteiger partial charge in [0.25, 0.3) is 19.4 Å². The number of carbonyl (C=O) groups is 4. The molecule has 0 unspecified atom stereocenters. The fourth-order valence-corrected chi connectivity index (χ4v) is 21.0. The minimum atomic E-state index is -0.780. The summed E-state index contributed by atoms with van der Waals surface area (Å²) in [6, 6.07) is 46.3. The van der Waals surface area contributed by atoms with Crippen LogP contribution >= 0.6 is 0 Å². The Labute approximate surface area is 785 Å². The van der Waals surface area contributed by atoms with Crippen molar-refractivity contribution in [2.45, 2.75) is 321 Å². The standard InChI is InChI=1S/C29H40N2O3.C28H35N3O2.C27H38N4O3.C25H34N4O2/c1-4-33-26-14-12-24(13-15-26)30-27-19-23(29(34-21-32)17-8-18-29)11-16-28(27)31(20-22(2)3)25-9-6-5-7-10-25;1-21(2)19-31(25-7-4-3-5-8-25)27-14-11-23(28(33-20-32)15-6-16-28)17-26(27)30-24-12-9-22(18-29)10-13-24;1-4-34-26-28-16-21(17-29-26)30-23-15-20(27(25(32)33)13-8-14-27)11-12-24(23)31(18-19(2)3)22-9-6-5-7-10-22;1-19(2)16-29(22-7-4-3-5-8-22)24-10-9-20(25(31-18-30)11-6-12-25)13-23(24)28-21-14-26-17-27-15-21/h11-16,19,21-22,25,30H,4-10,17-18,20H2,1-3H3;9-14,17,20-21,25,30H,3-8,15-16,19H2,1-2H3;11-12,15-17,19,22,30H,4-10,13-14,18H2,1-3H3,(H,32,33);9-10,13-15,17-19,22,28H,3-8,11-12,16H2,1-2H3. The number of nitrogens with one attached hydrogen (secondary N) is 4. The molecule has 6 aromatic carbocycles. The lowest BCUT2D eigenvalue weighted by atomic mass is 9.64. The maximum absolute atomic E-state index is 12.2. The lowest BCUT2D eigenvalue weighted by Crippen LogP contribution is -2.42. The summed E-state index contributed by atoms with van der Waals surface area (Å²) < 4.78 is 27.9. The van der Waals surface area contributed by atoms with Crippen LogP contribution in [-0.2, 0) is 55.6 Å². The molecule has 8 fully saturated rings. The number of benzene rings is 6. The quantitative estimate of drug-likeness (QED) is 0.0177. The van der Waals surface area contributed by atoms with Gasteiger partial charge in [0.2, 0.25) is 0 Å². The summed E-state index contributed by atoms with van der Waals surface area (Å²) in [5.74, 6) is 2.33. The van der Waals surface area contributed by atoms with Crippen LogP contribution < -0.4 is 50.3 Å². The summed E-state index contributed by atoms with van der Waals surface area (Å²) in [4.78, 5) is 73.2. The molecule has 708 valence electrons. The van der Waals surface area contributed by atoms with Crippen LogP contribution in [0.25, 0.3) is 0 Å². The van der Waals surface area contributed by atoms with Crippen LogP contribution in [0.5, 0.6) is 11.8 Å². The van der Waals surface area contributed by atoms with E-state index in [0.29, 0.717) is 105 Å². The van der Waals surface area contributed by atoms with Gasteiger partial charge in [0.15, 0.2) is 0 Å². The van der Waals surface area contributed by atoms with Gasteiger partial charge in [0, 0.05) is 61.7 Å². The van der Waals surface area contributed by atoms with Crippen molar-refractivity contribution >= 4 is 93.6 Å². The van der Waals surface area contributed by atoms with Gasteiger partial charge in [0.1, 0.15) is 28.9 Å². The zero-order valence-corrected chi connectivity index (χ0v) is 80.3. The van der Waals surface area contributed by atoms with E-state index in [2.05, 4.69) is 201 Å². The lowest BCUT2D eigenvalue weighted by Gasteiger charge is -2.42. The first-order valence-corrected chi connectivity index (χ1v) is 49.9. The highest BCUT2D eigenvalue weighted by molar-refractivity contribution is 5.86. The van der Waals surface area contributed by atoms with E-state index in [0.717, 1.165) is 170 Å². The van der Waals surface area contributed by atoms with E-state index >= 15 is 0 Å². The van der Waals surface area contributed by atoms with Gasteiger partial charge >= 0.3 is 12.0 Å². The zero-order valence-electron chi connectivity index (χ0n) is 80.3. The molecule has 0 atom stereocenters. The summed E-state index contributed by atoms with van der Waals surface area (Å²) in [5, 5.41) is 33.6. The number of carboxylic acids is 1. The molecule has 132 heavy (non-hydrogen) atoms. The maximum atomic E-state index is 12.2. The monoisotopic (exact) mass is 1800 g/mol. The van der Waals surface area contributed by atoms with Gasteiger partial charge in [-0.1, -0.05) is 163 Å². The van der Waals surface area contributed by atoms with Crippen LogP contribution in [0, 0.1) is 35.0 Å². The minimum absolute atomic E-state index is 0.352. The summed E-state index contributed by atoms with van der Waals surface area (Å²) >= 11 is 0. The van der Waals surface area contributed by atoms with E-state index in [1.807, 2.05) is 56.3 Å². The second-order valence-electron chi connectivity index (χ2n) is 39.7. The first kappa shape index (κ1) is 98.4. The van der Waals surface area contributed by atoms with Crippen LogP contribution in [0.15, 0.2) is 152 Å². The van der Waals surface area contributed by atoms with Crippen LogP contribution in [-0.4, -0.2) is 114 Å². The number of aromatic nitrogens is 4. The van der Waals surface area contributed by atoms with Gasteiger partial charge in [-0.2, -0.15) is 5.26 Å². The van der Waals surface area contributed by atoms with E-state index in [4.69, 9.17) is 28.9 Å². The number of hydrogen-bond acceptors (Lipinski definition) is 22. The van der Waals surface area contributed by atoms with Gasteiger partial charge in [0.05, 0.1) is 112 Å². The number of carbonyl (C=O) groups excluding carboxylic acids is 3. The molecule has 5 N–H and O–H groups in total. The topological polar surface area (TPSA) is 271 Å². The Morgan fingerprint density at radius 1 is 0.402 bits per heavy atom. The average molecular weight is 1800 g/mol. The van der Waals surface area contributed by atoms with Crippen LogP contribution in [0.2, 0.25) is 0 Å². The minimum Gasteiger partial charge on any atom is -0.494 e. The summed E-state index contributed by atoms with van der Waals surface area (Å²) in [6.45, 7) is 29.1. The van der Waals surface area contributed by atoms with E-state index in [1.165, 1.54) is 152 Å². The summed E-state index contributed by atoms with van der Waals surface area (Å²) in [6.07, 6.45) is 44.7. The molecule has 8 aliphatic rings. The molecule has 0 bridgehead atoms. The average Bonchev–Trinajstić information content (AvgIpc) is 0.713. The summed E-state index contributed by atoms with van der Waals surface area (Å²) in [5.41, 5.74) is 14.8. The van der Waals surface area contributed by atoms with Gasteiger partial charge in [-0.3, -0.25) is 19.2 Å². The molecule has 0 radical (unpaired) electrons. The highest BCUT2D eigenvalue weighted by atomic mass is 16.6. The molecular weight excluding hydrogens is 1650 g/mol. The number of ether oxygens (including phenoxy) is 5. The number of carboxylic acid groups (broad SMARTS) is 1. The fraction of sp³-hybridized carbons (Fsp3) is 0.550. The smallest absolute Gasteiger partial charge is 0.316 e. The first-order valence-electron chi connectivity index (χ1n) is 49.9. The number of aliphatic carboxylic acids is 1. The van der Waals surface area contributed by atoms with E-state index in [-0.39, 0.29) is 0 Å². The van der Waals surface area contributed by atoms with Crippen molar-refractivity contribution in [1.29, 1.82) is 5.26 Å². The summed E-state index contributed by atoms with van der Waals surface area (Å²) in [7, 11) is 0. The highest BCUT2D eigenvalue weighted by Gasteiger charge is 2.48. The highest BCUT2D eigenvalue weighted by Crippen LogP contribution is 2.52. The number of anilines is 12. The lowest BCUT2D eigenvalue weighted by molar-refractivity contribution is -0.156. The predicted octanol–water partition coefficient (Wildman–Crippen LogP) is 25.3. The molecule has 8 saturated carbocycles. The molecule has 8 aromatic rings. The van der Waals surface area contributed by atoms with Crippen molar-refractivity contribution in [2.24, 2.45) is 23.7 Å². The molecule has 0 saturated heterocycles. The van der Waals surface area contributed by atoms with E-state index in [1.54, 1.807) is 24.8 Å². The number of nitriles is 1. The van der Waals surface area contributed by atoms with E-state index in [9.17, 15) is 24.3 Å². The maximum Gasteiger partial charge on any atom is 0.316 e. The Morgan fingerprint density at radius 3 is 0.985 bits per heavy atom. The normalized spacial score (nSPS) is 17.8. The predicted molar refractivity (Wildman–Crippen MR) is 530 cm³/mol. The molecule has 23 nitrogen and oxygen atoms in total. The second-order valence-corrected chi connectivity index (χ2v) is 39.7. The molecule has 8 aliphatic carbocycles. The molecule has 0 spiro atoms. The zero-order chi connectivity index (χ0) is 93.0. The van der Waals surface area contributed by atoms with Crippen molar-refractivity contribution in [3.8, 4) is 17.8 Å². The molecule has 2 aromatic heterocycles. The Balaban J connectivity index is 0.000000150. The fourth-order valence-electron chi connectivity index (χ4n) is 21.0. The molecule has 0 aliphatic heterocycles. The van der Waals surface area contributed by atoms with E-state index < -0.39 is 28.2 Å². The van der Waals surface area contributed by atoms with Crippen LogP contribution in [0.3, 0.4) is 0 Å². The number of hydrogen-bond donors (Lipinski definition) is 5. The van der Waals surface area contributed by atoms with Crippen molar-refractivity contribution in [1.82, 2.24) is 19.9 Å². The van der Waals surface area contributed by atoms with Gasteiger partial charge in [-0.25, -0.2) is 19.9 Å². The van der Waals surface area contributed by atoms with Crippen LogP contribution in [0.1, 0.15) is 303 Å². The van der Waals surface area contributed by atoms with Crippen molar-refractivity contribution in [3.63, 3.8) is 0 Å². The number of rotatable bonds is 39. The molecule has 2 heterocycles. The molecular formula is C109H147N13O10. The largest absolute Gasteiger partial charge is 0.494 e. The van der Waals surface area contributed by atoms with Gasteiger partial charge in [-0.15, -0.1) is 0 Å². The van der Waals surface area contributed by atoms with Crippen molar-refractivity contribution in [3.05, 3.63) is 180 Å². The molecule has 16 rings (SSSR count). The van der Waals surface area contributed by atoms with Gasteiger partial charge < -0.3 is 69.7 Å². The SMILES string of the molecule is CC(C)CN(c1ccc(C2(OC=O)CCC2)cc1Nc1ccc(C#N)cc1)C1CCCCC1.CC(C)CN(c1ccc(C2(OC=O)CCC2)cc1Nc1cncnc1)C1CCCCC1.CCOc1ccc(Nc2cc(C3(OC=O)CCC3)ccc2N(CC(C)C)C2CCCCC2)cc1.CCOc1ncc(Nc2cc(C3(C(=O)O)CCC3)ccc2N(CC(C)C)C2CCCCC2)cn1. The third-order valence-corrected chi connectivity index (χ3v) is 28.3. The molecule has 0 amide bonds. The number of nitrogens with zero attached hydrogens (tertiary/aromatic N) is 9. The second kappa shape index (κ2) is 47.5. The Hall–Kier alpha value is -11.2. The van der Waals surface area contributed by atoms with Gasteiger partial charge in [-0.05, 0) is 279 Å². The van der Waals surface area contributed by atoms with Crippen molar-refractivity contribution in [2.75, 3.05) is 80.3 Å².